The van der Waals surface area contributed by atoms with Crippen molar-refractivity contribution in [2.75, 3.05) is 13.2 Å². The van der Waals surface area contributed by atoms with Crippen LogP contribution in [0.5, 0.6) is 0 Å². The first-order valence-corrected chi connectivity index (χ1v) is 30.5. The standard InChI is InChI=1S/C79H16O6/c80-74(15-9-5-2-6-10-15)83-11-12-84-75(81)79(76(82)85-13-14-7-3-1-4-8-14)77-70-62-54-44-34-26-18-16-17-20-24-22(18)30-38-32(24)42-36-28(20)29-21(17)25-23-19(16)27(26)35-41-31(23)39-33(25)43-37(29)47-46(36)56-50(42)60-52(38)58(48(54)40(30)34)66(70)68(60)72-64(56)65-57(47)51(43)61-53(39)59-49(41)55(45(35)44)63(62)71(77)67(59)69(61)73(65)78(72,77)79/h1-10H,11-13H2. The molecule has 0 heterocycles. The molecular weight excluding hydrogens is 1040 g/mol. The van der Waals surface area contributed by atoms with E-state index in [0.717, 1.165) is 5.56 Å². The van der Waals surface area contributed by atoms with Crippen LogP contribution in [-0.4, -0.2) is 31.1 Å². The highest BCUT2D eigenvalue weighted by Gasteiger charge is 3.01. The summed E-state index contributed by atoms with van der Waals surface area (Å²) in [5, 5.41) is 77.3. The molecule has 0 radical (unpaired) electrons. The fraction of sp³-hybridized carbons (Fsp3) is 0.0759. The van der Waals surface area contributed by atoms with Crippen LogP contribution in [0.2, 0.25) is 0 Å². The minimum absolute atomic E-state index is 0.00842. The molecule has 1 fully saturated rings. The zero-order valence-corrected chi connectivity index (χ0v) is 43.3. The van der Waals surface area contributed by atoms with E-state index in [1.807, 2.05) is 48.5 Å². The molecule has 30 aromatic carbocycles. The lowest BCUT2D eigenvalue weighted by Crippen LogP contribution is -2.39. The number of carbonyl (C=O) groups excluding carboxylic acids is 3. The summed E-state index contributed by atoms with van der Waals surface area (Å²) in [4.78, 5) is 48.7. The number of rotatable bonds is 8. The third-order valence-corrected chi connectivity index (χ3v) is 27.8. The van der Waals surface area contributed by atoms with Gasteiger partial charge in [-0.05, 0) is 331 Å². The van der Waals surface area contributed by atoms with Gasteiger partial charge in [0.1, 0.15) is 19.8 Å². The topological polar surface area (TPSA) is 78.9 Å². The Morgan fingerprint density at radius 1 is 0.247 bits per heavy atom. The lowest BCUT2D eigenvalue weighted by Gasteiger charge is -2.32. The Morgan fingerprint density at radius 3 is 0.718 bits per heavy atom. The van der Waals surface area contributed by atoms with Gasteiger partial charge in [-0.3, -0.25) is 9.59 Å². The quantitative estimate of drug-likeness (QED) is 0.0496. The SMILES string of the molecule is O=C(OCCOC(=O)C1(C(=O)OCc2ccccc2)C23c4c5c6c7c8c9c(c%10c%11c2c2c4c4c%12c5c5c6c6c8c8c%13c9c9c%10c%10c%11c%11c2c2c4c4c%12c%12c5c5c6c8c6c8c%13c9c9c%10c%10c%11c2c2c4c4c%12c5c6c5c8c9c%10c2c45)C713)c1ccccc1. The molecule has 35 rings (SSSR count). The van der Waals surface area contributed by atoms with Gasteiger partial charge in [-0.2, -0.15) is 0 Å². The second-order valence-corrected chi connectivity index (χ2v) is 28.7. The van der Waals surface area contributed by atoms with E-state index in [2.05, 4.69) is 0 Å². The number of carbonyl (C=O) groups is 3. The molecule has 0 N–H and O–H groups in total. The third kappa shape index (κ3) is 2.09. The molecule has 0 unspecified atom stereocenters. The highest BCUT2D eigenvalue weighted by molar-refractivity contribution is 6.82. The fourth-order valence-corrected chi connectivity index (χ4v) is 27.1. The molecule has 85 heavy (non-hydrogen) atoms. The second kappa shape index (κ2) is 8.50. The summed E-state index contributed by atoms with van der Waals surface area (Å²) in [5.74, 6) is -1.57. The van der Waals surface area contributed by atoms with Crippen molar-refractivity contribution in [2.45, 2.75) is 17.4 Å². The van der Waals surface area contributed by atoms with Gasteiger partial charge in [0.05, 0.1) is 16.4 Å². The van der Waals surface area contributed by atoms with Gasteiger partial charge in [0.25, 0.3) is 0 Å². The molecule has 0 bridgehead atoms. The molecule has 6 heteroatoms. The van der Waals surface area contributed by atoms with Crippen LogP contribution in [0, 0.1) is 5.41 Å². The summed E-state index contributed by atoms with van der Waals surface area (Å²) in [5.41, 5.74) is 1.65. The van der Waals surface area contributed by atoms with Crippen molar-refractivity contribution < 1.29 is 28.6 Å². The summed E-state index contributed by atoms with van der Waals surface area (Å²) < 4.78 is 20.0. The monoisotopic (exact) mass is 1060 g/mol. The maximum atomic E-state index is 17.5. The van der Waals surface area contributed by atoms with Crippen molar-refractivity contribution in [2.24, 2.45) is 5.41 Å². The Hall–Kier alpha value is -10.7. The molecule has 30 aromatic rings. The molecule has 6 nitrogen and oxygen atoms in total. The van der Waals surface area contributed by atoms with E-state index in [4.69, 9.17) is 14.2 Å². The average Bonchev–Trinajstić information content (AvgIpc) is 1.36. The molecule has 0 aromatic heterocycles. The normalized spacial score (nSPS) is 21.8. The Bertz CT molecular complexity index is 7620. The van der Waals surface area contributed by atoms with Crippen LogP contribution >= 0.6 is 0 Å². The summed E-state index contributed by atoms with van der Waals surface area (Å²) in [6.07, 6.45) is 0. The van der Waals surface area contributed by atoms with Crippen LogP contribution in [0.25, 0.3) is 291 Å². The van der Waals surface area contributed by atoms with Crippen LogP contribution in [0.15, 0.2) is 60.7 Å². The van der Waals surface area contributed by atoms with Gasteiger partial charge < -0.3 is 14.2 Å². The molecule has 0 saturated heterocycles. The molecule has 5 aliphatic carbocycles. The summed E-state index contributed by atoms with van der Waals surface area (Å²) >= 11 is 0. The first-order chi connectivity index (χ1) is 42.1. The van der Waals surface area contributed by atoms with Crippen LogP contribution in [0.1, 0.15) is 38.2 Å². The maximum Gasteiger partial charge on any atom is 0.338 e. The van der Waals surface area contributed by atoms with Gasteiger partial charge in [-0.1, -0.05) is 48.5 Å². The molecule has 5 aliphatic rings. The van der Waals surface area contributed by atoms with Gasteiger partial charge in [0, 0.05) is 0 Å². The van der Waals surface area contributed by atoms with Crippen LogP contribution in [0.4, 0.5) is 0 Å². The fourth-order valence-electron chi connectivity index (χ4n) is 27.1. The van der Waals surface area contributed by atoms with Crippen LogP contribution in [0.3, 0.4) is 0 Å². The lowest BCUT2D eigenvalue weighted by atomic mass is 9.68. The van der Waals surface area contributed by atoms with Crippen molar-refractivity contribution in [1.82, 2.24) is 0 Å². The largest absolute Gasteiger partial charge is 0.461 e. The molecule has 0 aliphatic heterocycles. The molecule has 368 valence electrons. The van der Waals surface area contributed by atoms with E-state index in [0.29, 0.717) is 5.56 Å². The number of hydrogen-bond donors (Lipinski definition) is 0. The zero-order chi connectivity index (χ0) is 52.2. The van der Waals surface area contributed by atoms with Crippen molar-refractivity contribution in [3.8, 4) is 0 Å². The van der Waals surface area contributed by atoms with Gasteiger partial charge in [-0.15, -0.1) is 0 Å². The van der Waals surface area contributed by atoms with E-state index >= 15 is 9.59 Å². The predicted molar refractivity (Wildman–Crippen MR) is 340 cm³/mol. The zero-order valence-electron chi connectivity index (χ0n) is 43.3. The van der Waals surface area contributed by atoms with E-state index in [1.165, 1.54) is 302 Å². The number of esters is 3. The van der Waals surface area contributed by atoms with Crippen molar-refractivity contribution in [3.05, 3.63) is 94.0 Å². The molecule has 0 atom stereocenters. The van der Waals surface area contributed by atoms with Crippen LogP contribution < -0.4 is 0 Å². The summed E-state index contributed by atoms with van der Waals surface area (Å²) in [6, 6.07) is 19.0. The van der Waals surface area contributed by atoms with E-state index in [-0.39, 0.29) is 19.8 Å². The van der Waals surface area contributed by atoms with Crippen molar-refractivity contribution in [3.63, 3.8) is 0 Å². The Labute approximate surface area is 464 Å². The van der Waals surface area contributed by atoms with Crippen LogP contribution in [-0.2, 0) is 41.2 Å². The number of ether oxygens (including phenoxy) is 3. The number of benzene rings is 20. The number of hydrogen-bond acceptors (Lipinski definition) is 6. The van der Waals surface area contributed by atoms with E-state index < -0.39 is 34.2 Å². The highest BCUT2D eigenvalue weighted by atomic mass is 16.6. The molecular formula is C79H16O6. The molecule has 0 amide bonds. The van der Waals surface area contributed by atoms with Gasteiger partial charge >= 0.3 is 17.9 Å². The van der Waals surface area contributed by atoms with Gasteiger partial charge in [0.15, 0.2) is 5.41 Å². The smallest absolute Gasteiger partial charge is 0.338 e. The maximum absolute atomic E-state index is 17.5. The Balaban J connectivity index is 0.910. The predicted octanol–water partition coefficient (Wildman–Crippen LogP) is 18.4. The summed E-state index contributed by atoms with van der Waals surface area (Å²) in [7, 11) is 0. The Morgan fingerprint density at radius 2 is 0.459 bits per heavy atom. The Kier molecular flexibility index (Phi) is 3.47. The van der Waals surface area contributed by atoms with E-state index in [9.17, 15) is 4.79 Å². The van der Waals surface area contributed by atoms with Gasteiger partial charge in [0.2, 0.25) is 0 Å². The first kappa shape index (κ1) is 34.7. The second-order valence-electron chi connectivity index (χ2n) is 28.7. The minimum atomic E-state index is -1.91. The molecule has 2 spiro atoms. The van der Waals surface area contributed by atoms with Crippen molar-refractivity contribution >= 4 is 309 Å². The third-order valence-electron chi connectivity index (χ3n) is 27.8. The lowest BCUT2D eigenvalue weighted by molar-refractivity contribution is -0.168. The van der Waals surface area contributed by atoms with Crippen molar-refractivity contribution in [1.29, 1.82) is 0 Å². The first-order valence-electron chi connectivity index (χ1n) is 30.5. The average molecular weight is 1060 g/mol. The van der Waals surface area contributed by atoms with E-state index in [1.54, 1.807) is 22.9 Å². The minimum Gasteiger partial charge on any atom is -0.461 e. The molecule has 1 saturated carbocycles. The van der Waals surface area contributed by atoms with Gasteiger partial charge in [-0.25, -0.2) is 4.79 Å². The summed E-state index contributed by atoms with van der Waals surface area (Å²) in [6.45, 7) is -0.365. The highest BCUT2D eigenvalue weighted by Crippen LogP contribution is 2.96.